The lowest BCUT2D eigenvalue weighted by molar-refractivity contribution is 0.0383. The van der Waals surface area contributed by atoms with Crippen LogP contribution < -0.4 is 10.6 Å². The van der Waals surface area contributed by atoms with E-state index in [2.05, 4.69) is 25.5 Å². The highest BCUT2D eigenvalue weighted by Gasteiger charge is 2.13. The summed E-state index contributed by atoms with van der Waals surface area (Å²) >= 11 is 1.41. The lowest BCUT2D eigenvalue weighted by Gasteiger charge is -2.26. The van der Waals surface area contributed by atoms with Crippen LogP contribution in [0.3, 0.4) is 0 Å². The van der Waals surface area contributed by atoms with Crippen molar-refractivity contribution in [3.05, 3.63) is 54.1 Å². The SMILES string of the molecule is O=C(NCCN1CCOCC1)c1csc(Nc2ccc(-n3ccnc3)cc2)n1. The molecule has 1 amide bonds. The Bertz CT molecular complexity index is 888. The van der Waals surface area contributed by atoms with Gasteiger partial charge in [0.25, 0.3) is 5.91 Å². The van der Waals surface area contributed by atoms with Crippen LogP contribution in [0, 0.1) is 0 Å². The zero-order valence-corrected chi connectivity index (χ0v) is 16.2. The molecule has 2 aromatic heterocycles. The van der Waals surface area contributed by atoms with Crippen molar-refractivity contribution in [1.29, 1.82) is 0 Å². The summed E-state index contributed by atoms with van der Waals surface area (Å²) in [4.78, 5) is 23.0. The quantitative estimate of drug-likeness (QED) is 0.634. The van der Waals surface area contributed by atoms with Gasteiger partial charge in [-0.2, -0.15) is 0 Å². The molecule has 2 N–H and O–H groups in total. The van der Waals surface area contributed by atoms with Gasteiger partial charge in [-0.1, -0.05) is 0 Å². The first kappa shape index (κ1) is 18.6. The molecule has 0 bridgehead atoms. The van der Waals surface area contributed by atoms with Crippen LogP contribution in [0.25, 0.3) is 5.69 Å². The summed E-state index contributed by atoms with van der Waals surface area (Å²) in [7, 11) is 0. The summed E-state index contributed by atoms with van der Waals surface area (Å²) in [6, 6.07) is 7.94. The number of thiazole rings is 1. The summed E-state index contributed by atoms with van der Waals surface area (Å²) in [5, 5.41) is 8.63. The largest absolute Gasteiger partial charge is 0.379 e. The molecule has 0 saturated carbocycles. The average Bonchev–Trinajstić information content (AvgIpc) is 3.42. The van der Waals surface area contributed by atoms with E-state index in [0.717, 1.165) is 44.2 Å². The van der Waals surface area contributed by atoms with Crippen LogP contribution in [-0.4, -0.2) is 64.7 Å². The Morgan fingerprint density at radius 2 is 2.04 bits per heavy atom. The monoisotopic (exact) mass is 398 g/mol. The molecule has 9 heteroatoms. The third kappa shape index (κ3) is 4.75. The Hall–Kier alpha value is -2.75. The minimum absolute atomic E-state index is 0.145. The number of morpholine rings is 1. The molecule has 1 saturated heterocycles. The number of carbonyl (C=O) groups excluding carboxylic acids is 1. The van der Waals surface area contributed by atoms with Crippen LogP contribution >= 0.6 is 11.3 Å². The summed E-state index contributed by atoms with van der Waals surface area (Å²) in [6.45, 7) is 4.79. The third-order valence-electron chi connectivity index (χ3n) is 4.48. The van der Waals surface area contributed by atoms with Crippen molar-refractivity contribution in [2.45, 2.75) is 0 Å². The molecule has 3 heterocycles. The second-order valence-electron chi connectivity index (χ2n) is 6.39. The van der Waals surface area contributed by atoms with E-state index in [0.29, 0.717) is 17.4 Å². The third-order valence-corrected chi connectivity index (χ3v) is 5.23. The molecule has 1 aliphatic heterocycles. The number of benzene rings is 1. The number of hydrogen-bond acceptors (Lipinski definition) is 7. The number of ether oxygens (including phenoxy) is 1. The van der Waals surface area contributed by atoms with Gasteiger partial charge in [0.15, 0.2) is 5.13 Å². The highest BCUT2D eigenvalue weighted by atomic mass is 32.1. The normalized spacial score (nSPS) is 14.7. The predicted molar refractivity (Wildman–Crippen MR) is 109 cm³/mol. The lowest BCUT2D eigenvalue weighted by Crippen LogP contribution is -2.41. The topological polar surface area (TPSA) is 84.3 Å². The fourth-order valence-corrected chi connectivity index (χ4v) is 3.64. The fraction of sp³-hybridized carbons (Fsp3) is 0.316. The molecule has 4 rings (SSSR count). The van der Waals surface area contributed by atoms with Crippen molar-refractivity contribution in [3.63, 3.8) is 0 Å². The van der Waals surface area contributed by atoms with Gasteiger partial charge in [0.2, 0.25) is 0 Å². The summed E-state index contributed by atoms with van der Waals surface area (Å²) in [5.74, 6) is -0.145. The van der Waals surface area contributed by atoms with Gasteiger partial charge in [-0.15, -0.1) is 11.3 Å². The minimum Gasteiger partial charge on any atom is -0.379 e. The van der Waals surface area contributed by atoms with Gasteiger partial charge in [-0.25, -0.2) is 9.97 Å². The second kappa shape index (κ2) is 8.96. The summed E-state index contributed by atoms with van der Waals surface area (Å²) in [5.41, 5.74) is 2.38. The number of anilines is 2. The van der Waals surface area contributed by atoms with Crippen LogP contribution in [0.15, 0.2) is 48.4 Å². The number of nitrogens with one attached hydrogen (secondary N) is 2. The van der Waals surface area contributed by atoms with Crippen molar-refractivity contribution in [3.8, 4) is 5.69 Å². The Morgan fingerprint density at radius 3 is 2.79 bits per heavy atom. The molecule has 0 radical (unpaired) electrons. The van der Waals surface area contributed by atoms with E-state index >= 15 is 0 Å². The lowest BCUT2D eigenvalue weighted by atomic mass is 10.3. The molecule has 0 spiro atoms. The van der Waals surface area contributed by atoms with Gasteiger partial charge in [0, 0.05) is 55.3 Å². The summed E-state index contributed by atoms with van der Waals surface area (Å²) < 4.78 is 7.26. The molecule has 0 aliphatic carbocycles. The number of aromatic nitrogens is 3. The van der Waals surface area contributed by atoms with E-state index in [4.69, 9.17) is 4.74 Å². The van der Waals surface area contributed by atoms with E-state index in [1.165, 1.54) is 11.3 Å². The zero-order chi connectivity index (χ0) is 19.2. The maximum Gasteiger partial charge on any atom is 0.270 e. The first-order valence-corrected chi connectivity index (χ1v) is 10.1. The number of hydrogen-bond donors (Lipinski definition) is 2. The van der Waals surface area contributed by atoms with Crippen molar-refractivity contribution < 1.29 is 9.53 Å². The Morgan fingerprint density at radius 1 is 1.21 bits per heavy atom. The maximum atomic E-state index is 12.3. The van der Waals surface area contributed by atoms with Crippen molar-refractivity contribution in [2.24, 2.45) is 0 Å². The van der Waals surface area contributed by atoms with Crippen LogP contribution in [0.4, 0.5) is 10.8 Å². The average molecular weight is 398 g/mol. The van der Waals surface area contributed by atoms with Crippen LogP contribution in [0.1, 0.15) is 10.5 Å². The number of rotatable bonds is 7. The smallest absolute Gasteiger partial charge is 0.270 e. The molecule has 28 heavy (non-hydrogen) atoms. The first-order valence-electron chi connectivity index (χ1n) is 9.17. The standard InChI is InChI=1S/C19H22N6O2S/c26-18(21-6-7-24-9-11-27-12-10-24)17-13-28-19(23-17)22-15-1-3-16(4-2-15)25-8-5-20-14-25/h1-5,8,13-14H,6-7,9-12H2,(H,21,26)(H,22,23). The van der Waals surface area contributed by atoms with Crippen LogP contribution in [0.2, 0.25) is 0 Å². The molecule has 1 aliphatic rings. The highest BCUT2D eigenvalue weighted by Crippen LogP contribution is 2.22. The number of imidazole rings is 1. The highest BCUT2D eigenvalue weighted by molar-refractivity contribution is 7.14. The molecule has 1 aromatic carbocycles. The number of nitrogens with zero attached hydrogens (tertiary/aromatic N) is 4. The molecule has 8 nitrogen and oxygen atoms in total. The second-order valence-corrected chi connectivity index (χ2v) is 7.25. The van der Waals surface area contributed by atoms with Crippen molar-refractivity contribution >= 4 is 28.1 Å². The van der Waals surface area contributed by atoms with E-state index < -0.39 is 0 Å². The first-order chi connectivity index (χ1) is 13.8. The summed E-state index contributed by atoms with van der Waals surface area (Å²) in [6.07, 6.45) is 5.40. The maximum absolute atomic E-state index is 12.3. The van der Waals surface area contributed by atoms with E-state index in [9.17, 15) is 4.79 Å². The fourth-order valence-electron chi connectivity index (χ4n) is 2.93. The van der Waals surface area contributed by atoms with Gasteiger partial charge in [-0.3, -0.25) is 9.69 Å². The van der Waals surface area contributed by atoms with Crippen LogP contribution in [0.5, 0.6) is 0 Å². The molecule has 146 valence electrons. The predicted octanol–water partition coefficient (Wildman–Crippen LogP) is 2.13. The number of amides is 1. The van der Waals surface area contributed by atoms with Crippen molar-refractivity contribution in [1.82, 2.24) is 24.8 Å². The molecule has 0 unspecified atom stereocenters. The van der Waals surface area contributed by atoms with E-state index in [1.807, 2.05) is 35.0 Å². The van der Waals surface area contributed by atoms with Crippen LogP contribution in [-0.2, 0) is 4.74 Å². The molecule has 0 atom stereocenters. The van der Waals surface area contributed by atoms with Gasteiger partial charge >= 0.3 is 0 Å². The van der Waals surface area contributed by atoms with E-state index in [-0.39, 0.29) is 5.91 Å². The zero-order valence-electron chi connectivity index (χ0n) is 15.4. The van der Waals surface area contributed by atoms with Gasteiger partial charge in [-0.05, 0) is 24.3 Å². The Labute approximate surface area is 167 Å². The minimum atomic E-state index is -0.145. The Balaban J connectivity index is 1.28. The van der Waals surface area contributed by atoms with Gasteiger partial charge in [0.1, 0.15) is 5.69 Å². The van der Waals surface area contributed by atoms with Gasteiger partial charge in [0.05, 0.1) is 19.5 Å². The molecule has 1 fully saturated rings. The van der Waals surface area contributed by atoms with Gasteiger partial charge < -0.3 is 19.9 Å². The van der Waals surface area contributed by atoms with E-state index in [1.54, 1.807) is 17.9 Å². The molecular formula is C19H22N6O2S. The number of carbonyl (C=O) groups is 1. The molecule has 3 aromatic rings. The Kier molecular flexibility index (Phi) is 5.95. The molecular weight excluding hydrogens is 376 g/mol. The van der Waals surface area contributed by atoms with Crippen molar-refractivity contribution in [2.75, 3.05) is 44.7 Å².